The quantitative estimate of drug-likeness (QED) is 0.406. The molecule has 0 spiro atoms. The number of methoxy groups -OCH3 is 1. The van der Waals surface area contributed by atoms with Crippen LogP contribution in [0.15, 0.2) is 60.8 Å². The van der Waals surface area contributed by atoms with Crippen molar-refractivity contribution in [3.05, 3.63) is 66.4 Å². The molecule has 0 saturated heterocycles. The number of aromatic nitrogens is 1. The molecule has 3 rings (SSSR count). The molecule has 4 nitrogen and oxygen atoms in total. The Kier molecular flexibility index (Phi) is 5.77. The van der Waals surface area contributed by atoms with Crippen LogP contribution in [-0.2, 0) is 6.54 Å². The van der Waals surface area contributed by atoms with Crippen LogP contribution in [0.1, 0.15) is 5.56 Å². The lowest BCUT2D eigenvalue weighted by molar-refractivity contribution is -0.662. The summed E-state index contributed by atoms with van der Waals surface area (Å²) in [5, 5.41) is 19.4. The van der Waals surface area contributed by atoms with E-state index >= 15 is 0 Å². The fraction of sp³-hybridized carbons (Fsp3) is 0.118. The van der Waals surface area contributed by atoms with Crippen LogP contribution in [0.2, 0.25) is 0 Å². The maximum absolute atomic E-state index is 9.13. The van der Waals surface area contributed by atoms with E-state index in [1.165, 1.54) is 0 Å². The van der Waals surface area contributed by atoms with E-state index in [0.29, 0.717) is 12.0 Å². The third-order valence-electron chi connectivity index (χ3n) is 3.72. The number of rotatable bonds is 4. The number of nitrogens with zero attached hydrogens (tertiary/aromatic N) is 1. The number of fused-ring (bicyclic) bond motifs is 1. The van der Waals surface area contributed by atoms with E-state index in [2.05, 4.69) is 10.6 Å². The number of benzene rings is 2. The van der Waals surface area contributed by atoms with Gasteiger partial charge in [0.1, 0.15) is 5.75 Å². The molecule has 0 aliphatic heterocycles. The third kappa shape index (κ3) is 3.90. The van der Waals surface area contributed by atoms with Gasteiger partial charge in [0.15, 0.2) is 12.7 Å². The van der Waals surface area contributed by atoms with E-state index in [0.717, 1.165) is 22.2 Å². The Hall–Kier alpha value is -1.89. The zero-order valence-corrected chi connectivity index (χ0v) is 14.3. The Balaban J connectivity index is 0.00000192. The molecular formula is C17H17BBrNO3. The van der Waals surface area contributed by atoms with Gasteiger partial charge in [-0.3, -0.25) is 0 Å². The molecule has 0 bridgehead atoms. The van der Waals surface area contributed by atoms with Gasteiger partial charge < -0.3 is 31.8 Å². The van der Waals surface area contributed by atoms with Crippen LogP contribution in [-0.4, -0.2) is 24.3 Å². The van der Waals surface area contributed by atoms with Crippen LogP contribution < -0.4 is 31.7 Å². The molecule has 118 valence electrons. The van der Waals surface area contributed by atoms with Crippen molar-refractivity contribution in [2.24, 2.45) is 0 Å². The first-order valence-corrected chi connectivity index (χ1v) is 7.08. The first-order valence-electron chi connectivity index (χ1n) is 7.08. The molecule has 2 aromatic carbocycles. The monoisotopic (exact) mass is 373 g/mol. The standard InChI is InChI=1S/C17H17BNO3.BrH/c1-22-16-8-9-17-14(11-16)3-2-10-19(17)12-13-4-6-15(7-5-13)18(20)21;/h2-11,20-21H,12H2,1H3;1H/q+1;/p-1. The molecule has 0 saturated carbocycles. The average molecular weight is 374 g/mol. The first-order chi connectivity index (χ1) is 10.7. The Morgan fingerprint density at radius 2 is 1.78 bits per heavy atom. The highest BCUT2D eigenvalue weighted by Gasteiger charge is 2.13. The number of halogens is 1. The van der Waals surface area contributed by atoms with E-state index in [1.807, 2.05) is 42.6 Å². The molecule has 6 heteroatoms. The van der Waals surface area contributed by atoms with Crippen molar-refractivity contribution >= 4 is 23.5 Å². The van der Waals surface area contributed by atoms with Crippen molar-refractivity contribution in [1.29, 1.82) is 0 Å². The van der Waals surface area contributed by atoms with Gasteiger partial charge in [-0.2, -0.15) is 4.57 Å². The van der Waals surface area contributed by atoms with Gasteiger partial charge in [-0.25, -0.2) is 0 Å². The summed E-state index contributed by atoms with van der Waals surface area (Å²) >= 11 is 0. The lowest BCUT2D eigenvalue weighted by Gasteiger charge is -2.05. The maximum Gasteiger partial charge on any atom is 0.488 e. The van der Waals surface area contributed by atoms with Crippen molar-refractivity contribution in [2.45, 2.75) is 6.54 Å². The molecule has 0 atom stereocenters. The van der Waals surface area contributed by atoms with Gasteiger partial charge in [-0.05, 0) is 23.7 Å². The Labute approximate surface area is 145 Å². The summed E-state index contributed by atoms with van der Waals surface area (Å²) in [6.45, 7) is 0.714. The zero-order valence-electron chi connectivity index (χ0n) is 12.7. The number of ether oxygens (including phenoxy) is 1. The smallest absolute Gasteiger partial charge is 0.488 e. The second kappa shape index (κ2) is 7.59. The summed E-state index contributed by atoms with van der Waals surface area (Å²) in [7, 11) is 0.238. The molecule has 3 aromatic rings. The molecule has 1 aromatic heterocycles. The van der Waals surface area contributed by atoms with Gasteiger partial charge >= 0.3 is 7.12 Å². The van der Waals surface area contributed by atoms with Crippen LogP contribution in [0.5, 0.6) is 5.75 Å². The Morgan fingerprint density at radius 1 is 1.04 bits per heavy atom. The predicted octanol–water partition coefficient (Wildman–Crippen LogP) is -2.13. The average Bonchev–Trinajstić information content (AvgIpc) is 2.55. The van der Waals surface area contributed by atoms with Gasteiger partial charge in [0, 0.05) is 17.7 Å². The van der Waals surface area contributed by atoms with Crippen LogP contribution >= 0.6 is 0 Å². The van der Waals surface area contributed by atoms with Crippen LogP contribution in [0.25, 0.3) is 10.9 Å². The molecule has 0 aliphatic rings. The topological polar surface area (TPSA) is 53.6 Å². The second-order valence-corrected chi connectivity index (χ2v) is 5.18. The number of pyridine rings is 1. The molecule has 1 heterocycles. The summed E-state index contributed by atoms with van der Waals surface area (Å²) in [5.41, 5.74) is 2.71. The van der Waals surface area contributed by atoms with Crippen molar-refractivity contribution in [3.8, 4) is 5.75 Å². The van der Waals surface area contributed by atoms with E-state index < -0.39 is 7.12 Å². The van der Waals surface area contributed by atoms with E-state index in [-0.39, 0.29) is 17.0 Å². The Bertz CT molecular complexity index is 793. The summed E-state index contributed by atoms with van der Waals surface area (Å²) in [4.78, 5) is 0. The van der Waals surface area contributed by atoms with Crippen LogP contribution in [0, 0.1) is 0 Å². The fourth-order valence-electron chi connectivity index (χ4n) is 2.52. The van der Waals surface area contributed by atoms with Crippen molar-refractivity contribution in [2.75, 3.05) is 7.11 Å². The summed E-state index contributed by atoms with van der Waals surface area (Å²) < 4.78 is 7.41. The summed E-state index contributed by atoms with van der Waals surface area (Å²) in [6, 6.07) is 17.3. The lowest BCUT2D eigenvalue weighted by atomic mass is 9.80. The fourth-order valence-corrected chi connectivity index (χ4v) is 2.52. The minimum absolute atomic E-state index is 0. The second-order valence-electron chi connectivity index (χ2n) is 5.18. The molecule has 0 fully saturated rings. The lowest BCUT2D eigenvalue weighted by Crippen LogP contribution is -3.00. The molecule has 2 N–H and O–H groups in total. The van der Waals surface area contributed by atoms with Crippen molar-refractivity contribution in [1.82, 2.24) is 0 Å². The summed E-state index contributed by atoms with van der Waals surface area (Å²) in [6.07, 6.45) is 2.03. The molecule has 0 amide bonds. The van der Waals surface area contributed by atoms with Crippen molar-refractivity contribution < 1.29 is 36.3 Å². The third-order valence-corrected chi connectivity index (χ3v) is 3.72. The highest BCUT2D eigenvalue weighted by Crippen LogP contribution is 2.17. The zero-order chi connectivity index (χ0) is 15.5. The normalized spacial score (nSPS) is 10.2. The molecule has 0 radical (unpaired) electrons. The highest BCUT2D eigenvalue weighted by molar-refractivity contribution is 6.58. The van der Waals surface area contributed by atoms with Gasteiger partial charge in [-0.15, -0.1) is 0 Å². The number of hydrogen-bond donors (Lipinski definition) is 2. The molecule has 0 unspecified atom stereocenters. The molecular weight excluding hydrogens is 357 g/mol. The van der Waals surface area contributed by atoms with Crippen LogP contribution in [0.3, 0.4) is 0 Å². The maximum atomic E-state index is 9.13. The molecule has 0 aliphatic carbocycles. The summed E-state index contributed by atoms with van der Waals surface area (Å²) in [5.74, 6) is 0.839. The minimum Gasteiger partial charge on any atom is -1.00 e. The predicted molar refractivity (Wildman–Crippen MR) is 86.1 cm³/mol. The first kappa shape index (κ1) is 17.5. The number of hydrogen-bond acceptors (Lipinski definition) is 3. The highest BCUT2D eigenvalue weighted by atomic mass is 79.9. The molecule has 23 heavy (non-hydrogen) atoms. The van der Waals surface area contributed by atoms with Gasteiger partial charge in [0.25, 0.3) is 0 Å². The minimum atomic E-state index is -1.42. The van der Waals surface area contributed by atoms with Crippen LogP contribution in [0.4, 0.5) is 0 Å². The SMILES string of the molecule is COc1ccc2c(ccc[n+]2Cc2ccc(B(O)O)cc2)c1.[Br-]. The Morgan fingerprint density at radius 3 is 2.43 bits per heavy atom. The van der Waals surface area contributed by atoms with E-state index in [4.69, 9.17) is 14.8 Å². The van der Waals surface area contributed by atoms with E-state index in [1.54, 1.807) is 19.2 Å². The van der Waals surface area contributed by atoms with E-state index in [9.17, 15) is 0 Å². The largest absolute Gasteiger partial charge is 1.00 e. The van der Waals surface area contributed by atoms with Gasteiger partial charge in [0.2, 0.25) is 5.52 Å². The van der Waals surface area contributed by atoms with Gasteiger partial charge in [-0.1, -0.05) is 24.3 Å². The van der Waals surface area contributed by atoms with Gasteiger partial charge in [0.05, 0.1) is 12.5 Å². The van der Waals surface area contributed by atoms with Crippen molar-refractivity contribution in [3.63, 3.8) is 0 Å².